The van der Waals surface area contributed by atoms with E-state index in [0.717, 1.165) is 29.8 Å². The summed E-state index contributed by atoms with van der Waals surface area (Å²) in [7, 11) is 0. The average molecular weight is 321 g/mol. The van der Waals surface area contributed by atoms with Crippen LogP contribution < -0.4 is 0 Å². The van der Waals surface area contributed by atoms with Crippen molar-refractivity contribution >= 4 is 32.5 Å². The van der Waals surface area contributed by atoms with Gasteiger partial charge < -0.3 is 4.42 Å². The smallest absolute Gasteiger partial charge is 0.195 e. The van der Waals surface area contributed by atoms with Crippen LogP contribution in [0.4, 0.5) is 0 Å². The molecule has 3 heteroatoms. The van der Waals surface area contributed by atoms with Gasteiger partial charge in [-0.3, -0.25) is 0 Å². The number of oxazole rings is 1. The van der Waals surface area contributed by atoms with Crippen LogP contribution in [0, 0.1) is 0 Å². The van der Waals surface area contributed by atoms with E-state index in [0.29, 0.717) is 5.92 Å². The Morgan fingerprint density at radius 1 is 1.04 bits per heavy atom. The van der Waals surface area contributed by atoms with Gasteiger partial charge in [0.1, 0.15) is 5.52 Å². The van der Waals surface area contributed by atoms with Gasteiger partial charge in [-0.25, -0.2) is 4.98 Å². The summed E-state index contributed by atoms with van der Waals surface area (Å²) >= 11 is 1.79. The van der Waals surface area contributed by atoms with E-state index in [1.165, 1.54) is 21.2 Å². The molecule has 0 amide bonds. The lowest BCUT2D eigenvalue weighted by Crippen LogP contribution is -1.90. The van der Waals surface area contributed by atoms with Crippen molar-refractivity contribution in [3.05, 3.63) is 64.9 Å². The topological polar surface area (TPSA) is 26.0 Å². The number of rotatable bonds is 4. The number of thiophene rings is 1. The maximum atomic E-state index is 5.94. The van der Waals surface area contributed by atoms with Crippen molar-refractivity contribution < 1.29 is 4.42 Å². The predicted molar refractivity (Wildman–Crippen MR) is 97.3 cm³/mol. The van der Waals surface area contributed by atoms with Crippen LogP contribution in [-0.2, 0) is 12.8 Å². The van der Waals surface area contributed by atoms with E-state index in [9.17, 15) is 0 Å². The summed E-state index contributed by atoms with van der Waals surface area (Å²) in [4.78, 5) is 4.62. The highest BCUT2D eigenvalue weighted by molar-refractivity contribution is 7.17. The molecule has 4 rings (SSSR count). The van der Waals surface area contributed by atoms with E-state index >= 15 is 0 Å². The molecule has 0 aliphatic heterocycles. The van der Waals surface area contributed by atoms with Gasteiger partial charge >= 0.3 is 0 Å². The zero-order valence-corrected chi connectivity index (χ0v) is 14.2. The van der Waals surface area contributed by atoms with E-state index < -0.39 is 0 Å². The first kappa shape index (κ1) is 14.5. The fourth-order valence-corrected chi connectivity index (χ4v) is 3.71. The number of aryl methyl sites for hydroxylation is 2. The molecular weight excluding hydrogens is 302 g/mol. The molecule has 0 saturated heterocycles. The van der Waals surface area contributed by atoms with Crippen LogP contribution in [0.2, 0.25) is 0 Å². The van der Waals surface area contributed by atoms with Gasteiger partial charge in [-0.2, -0.15) is 0 Å². The minimum absolute atomic E-state index is 0.505. The first-order chi connectivity index (χ1) is 11.2. The maximum absolute atomic E-state index is 5.94. The van der Waals surface area contributed by atoms with E-state index in [2.05, 4.69) is 66.7 Å². The van der Waals surface area contributed by atoms with Gasteiger partial charge in [-0.1, -0.05) is 32.0 Å². The Balaban J connectivity index is 1.55. The van der Waals surface area contributed by atoms with Crippen LogP contribution in [0.15, 0.2) is 52.3 Å². The minimum Gasteiger partial charge on any atom is -0.441 e. The van der Waals surface area contributed by atoms with Crippen molar-refractivity contribution in [2.24, 2.45) is 0 Å². The summed E-state index contributed by atoms with van der Waals surface area (Å²) < 4.78 is 7.29. The summed E-state index contributed by atoms with van der Waals surface area (Å²) in [6, 6.07) is 15.2. The molecule has 0 aliphatic carbocycles. The molecule has 23 heavy (non-hydrogen) atoms. The highest BCUT2D eigenvalue weighted by Crippen LogP contribution is 2.24. The second kappa shape index (κ2) is 5.82. The van der Waals surface area contributed by atoms with Crippen LogP contribution in [0.3, 0.4) is 0 Å². The maximum Gasteiger partial charge on any atom is 0.195 e. The third-order valence-corrected chi connectivity index (χ3v) is 5.15. The Bertz CT molecular complexity index is 964. The van der Waals surface area contributed by atoms with E-state index in [4.69, 9.17) is 4.42 Å². The number of benzene rings is 2. The van der Waals surface area contributed by atoms with Gasteiger partial charge in [0.15, 0.2) is 11.5 Å². The van der Waals surface area contributed by atoms with Gasteiger partial charge in [0.2, 0.25) is 0 Å². The molecule has 0 bridgehead atoms. The normalized spacial score (nSPS) is 11.8. The van der Waals surface area contributed by atoms with Crippen molar-refractivity contribution in [3.8, 4) is 0 Å². The number of fused-ring (bicyclic) bond motifs is 2. The molecule has 2 heterocycles. The number of hydrogen-bond acceptors (Lipinski definition) is 3. The zero-order valence-electron chi connectivity index (χ0n) is 13.4. The van der Waals surface area contributed by atoms with E-state index in [1.54, 1.807) is 11.3 Å². The first-order valence-corrected chi connectivity index (χ1v) is 8.92. The summed E-state index contributed by atoms with van der Waals surface area (Å²) in [5, 5.41) is 3.46. The Hall–Kier alpha value is -2.13. The van der Waals surface area contributed by atoms with Gasteiger partial charge in [0.05, 0.1) is 0 Å². The third-order valence-electron chi connectivity index (χ3n) is 4.27. The second-order valence-corrected chi connectivity index (χ2v) is 7.23. The van der Waals surface area contributed by atoms with Crippen molar-refractivity contribution in [2.75, 3.05) is 0 Å². The van der Waals surface area contributed by atoms with Crippen LogP contribution in [0.5, 0.6) is 0 Å². The SMILES string of the molecule is CC(C)c1ccc2nc(CCc3ccc4ccsc4c3)oc2c1. The fourth-order valence-electron chi connectivity index (χ4n) is 2.86. The van der Waals surface area contributed by atoms with Crippen molar-refractivity contribution in [1.82, 2.24) is 4.98 Å². The Labute approximate surface area is 139 Å². The fraction of sp³-hybridized carbons (Fsp3) is 0.250. The average Bonchev–Trinajstić information content (AvgIpc) is 3.17. The molecule has 0 saturated carbocycles. The van der Waals surface area contributed by atoms with Gasteiger partial charge in [-0.05, 0) is 58.5 Å². The quantitative estimate of drug-likeness (QED) is 0.464. The molecule has 0 aliphatic rings. The molecule has 0 atom stereocenters. The van der Waals surface area contributed by atoms with Crippen LogP contribution in [0.25, 0.3) is 21.2 Å². The molecule has 0 N–H and O–H groups in total. The van der Waals surface area contributed by atoms with Crippen molar-refractivity contribution in [3.63, 3.8) is 0 Å². The number of aromatic nitrogens is 1. The highest BCUT2D eigenvalue weighted by atomic mass is 32.1. The van der Waals surface area contributed by atoms with Crippen molar-refractivity contribution in [2.45, 2.75) is 32.6 Å². The van der Waals surface area contributed by atoms with E-state index in [-0.39, 0.29) is 0 Å². The second-order valence-electron chi connectivity index (χ2n) is 6.28. The number of nitrogens with zero attached hydrogens (tertiary/aromatic N) is 1. The standard InChI is InChI=1S/C20H19NOS/c1-13(2)16-6-7-17-18(12-16)22-20(21-17)8-4-14-3-5-15-9-10-23-19(15)11-14/h3,5-7,9-13H,4,8H2,1-2H3. The Morgan fingerprint density at radius 2 is 1.96 bits per heavy atom. The summed E-state index contributed by atoms with van der Waals surface area (Å²) in [6.45, 7) is 4.39. The van der Waals surface area contributed by atoms with Gasteiger partial charge in [0, 0.05) is 11.1 Å². The van der Waals surface area contributed by atoms with Crippen LogP contribution >= 0.6 is 11.3 Å². The molecule has 2 nitrogen and oxygen atoms in total. The Kier molecular flexibility index (Phi) is 3.66. The molecule has 0 spiro atoms. The lowest BCUT2D eigenvalue weighted by Gasteiger charge is -2.02. The number of hydrogen-bond donors (Lipinski definition) is 0. The van der Waals surface area contributed by atoms with Gasteiger partial charge in [-0.15, -0.1) is 11.3 Å². The Morgan fingerprint density at radius 3 is 2.83 bits per heavy atom. The molecule has 4 aromatic rings. The molecule has 0 fully saturated rings. The summed E-state index contributed by atoms with van der Waals surface area (Å²) in [5.74, 6) is 1.33. The lowest BCUT2D eigenvalue weighted by atomic mass is 10.0. The van der Waals surface area contributed by atoms with E-state index in [1.807, 2.05) is 0 Å². The van der Waals surface area contributed by atoms with Crippen LogP contribution in [0.1, 0.15) is 36.8 Å². The molecular formula is C20H19NOS. The lowest BCUT2D eigenvalue weighted by molar-refractivity contribution is 0.528. The van der Waals surface area contributed by atoms with Crippen molar-refractivity contribution in [1.29, 1.82) is 0 Å². The van der Waals surface area contributed by atoms with Crippen LogP contribution in [-0.4, -0.2) is 4.98 Å². The summed E-state index contributed by atoms with van der Waals surface area (Å²) in [6.07, 6.45) is 1.79. The highest BCUT2D eigenvalue weighted by Gasteiger charge is 2.08. The summed E-state index contributed by atoms with van der Waals surface area (Å²) in [5.41, 5.74) is 4.49. The van der Waals surface area contributed by atoms with Gasteiger partial charge in [0.25, 0.3) is 0 Å². The molecule has 0 radical (unpaired) electrons. The first-order valence-electron chi connectivity index (χ1n) is 8.04. The molecule has 116 valence electrons. The molecule has 0 unspecified atom stereocenters. The monoisotopic (exact) mass is 321 g/mol. The largest absolute Gasteiger partial charge is 0.441 e. The third kappa shape index (κ3) is 2.89. The predicted octanol–water partition coefficient (Wildman–Crippen LogP) is 5.95. The molecule has 2 aromatic carbocycles. The minimum atomic E-state index is 0.505. The zero-order chi connectivity index (χ0) is 15.8. The molecule has 2 aromatic heterocycles.